The van der Waals surface area contributed by atoms with Crippen LogP contribution in [-0.4, -0.2) is 44.2 Å². The van der Waals surface area contributed by atoms with Crippen LogP contribution in [0, 0.1) is 13.8 Å². The lowest BCUT2D eigenvalue weighted by Gasteiger charge is -2.19. The molecule has 0 N–H and O–H groups in total. The number of hydrogen-bond donors (Lipinski definition) is 0. The summed E-state index contributed by atoms with van der Waals surface area (Å²) in [6.45, 7) is 3.66. The third-order valence-electron chi connectivity index (χ3n) is 4.80. The fourth-order valence-corrected chi connectivity index (χ4v) is 3.14. The van der Waals surface area contributed by atoms with Crippen molar-refractivity contribution in [2.75, 3.05) is 13.7 Å². The van der Waals surface area contributed by atoms with Gasteiger partial charge in [-0.15, -0.1) is 0 Å². The van der Waals surface area contributed by atoms with Crippen molar-refractivity contribution in [2.45, 2.75) is 38.8 Å². The minimum absolute atomic E-state index is 0.0290. The lowest BCUT2D eigenvalue weighted by atomic mass is 10.1. The summed E-state index contributed by atoms with van der Waals surface area (Å²) in [5.41, 5.74) is 2.66. The van der Waals surface area contributed by atoms with E-state index in [9.17, 15) is 9.59 Å². The van der Waals surface area contributed by atoms with Crippen LogP contribution >= 0.6 is 0 Å². The first kappa shape index (κ1) is 20.0. The summed E-state index contributed by atoms with van der Waals surface area (Å²) >= 11 is 0. The van der Waals surface area contributed by atoms with Crippen molar-refractivity contribution >= 4 is 11.9 Å². The summed E-state index contributed by atoms with van der Waals surface area (Å²) in [4.78, 5) is 24.9. The summed E-state index contributed by atoms with van der Waals surface area (Å²) in [7, 11) is 1.52. The van der Waals surface area contributed by atoms with Gasteiger partial charge in [0.1, 0.15) is 18.8 Å². The molecule has 148 valence electrons. The lowest BCUT2D eigenvalue weighted by Crippen LogP contribution is -2.32. The molecule has 6 heteroatoms. The van der Waals surface area contributed by atoms with E-state index >= 15 is 0 Å². The number of hydrogen-bond acceptors (Lipinski definition) is 6. The number of rotatable bonds is 6. The predicted molar refractivity (Wildman–Crippen MR) is 102 cm³/mol. The van der Waals surface area contributed by atoms with Crippen LogP contribution < -0.4 is 0 Å². The largest absolute Gasteiger partial charge is 0.459 e. The van der Waals surface area contributed by atoms with Crippen LogP contribution in [-0.2, 0) is 18.9 Å². The first-order valence-corrected chi connectivity index (χ1v) is 9.17. The molecule has 3 rings (SSSR count). The van der Waals surface area contributed by atoms with Gasteiger partial charge >= 0.3 is 11.9 Å². The Kier molecular flexibility index (Phi) is 6.44. The molecule has 1 aliphatic rings. The van der Waals surface area contributed by atoms with Gasteiger partial charge in [0, 0.05) is 13.5 Å². The average Bonchev–Trinajstić information content (AvgIpc) is 3.08. The standard InChI is InChI=1S/C22H24O6/c1-14-8-4-6-10-16(14)21(23)26-13-19-18(12-20(25-3)27-19)28-22(24)17-11-7-5-9-15(17)2/h4-11,18-20H,12-13H2,1-3H3/t18-,19+,20?/m1/s1. The summed E-state index contributed by atoms with van der Waals surface area (Å²) in [5.74, 6) is -0.870. The van der Waals surface area contributed by atoms with Crippen LogP contribution in [0.1, 0.15) is 38.3 Å². The maximum Gasteiger partial charge on any atom is 0.338 e. The highest BCUT2D eigenvalue weighted by Crippen LogP contribution is 2.26. The van der Waals surface area contributed by atoms with Crippen LogP contribution in [0.25, 0.3) is 0 Å². The molecule has 1 unspecified atom stereocenters. The van der Waals surface area contributed by atoms with Crippen LogP contribution in [0.5, 0.6) is 0 Å². The number of carbonyl (C=O) groups excluding carboxylic acids is 2. The van der Waals surface area contributed by atoms with Crippen LogP contribution in [0.3, 0.4) is 0 Å². The molecule has 0 radical (unpaired) electrons. The number of ether oxygens (including phenoxy) is 4. The molecule has 0 aromatic heterocycles. The molecule has 1 aliphatic heterocycles. The highest BCUT2D eigenvalue weighted by Gasteiger charge is 2.39. The highest BCUT2D eigenvalue weighted by molar-refractivity contribution is 5.91. The van der Waals surface area contributed by atoms with Gasteiger partial charge in [-0.3, -0.25) is 0 Å². The van der Waals surface area contributed by atoms with Gasteiger partial charge in [0.15, 0.2) is 6.29 Å². The topological polar surface area (TPSA) is 71.1 Å². The first-order valence-electron chi connectivity index (χ1n) is 9.17. The minimum Gasteiger partial charge on any atom is -0.459 e. The third kappa shape index (κ3) is 4.58. The molecule has 1 fully saturated rings. The fraction of sp³-hybridized carbons (Fsp3) is 0.364. The van der Waals surface area contributed by atoms with E-state index in [1.807, 2.05) is 38.1 Å². The van der Waals surface area contributed by atoms with Crippen molar-refractivity contribution in [1.29, 1.82) is 0 Å². The maximum atomic E-state index is 12.5. The number of benzene rings is 2. The molecule has 0 aliphatic carbocycles. The molecule has 3 atom stereocenters. The van der Waals surface area contributed by atoms with Gasteiger partial charge in [-0.05, 0) is 37.1 Å². The first-order chi connectivity index (χ1) is 13.5. The Morgan fingerprint density at radius 2 is 1.54 bits per heavy atom. The maximum absolute atomic E-state index is 12.5. The monoisotopic (exact) mass is 384 g/mol. The summed E-state index contributed by atoms with van der Waals surface area (Å²) in [5, 5.41) is 0. The van der Waals surface area contributed by atoms with Gasteiger partial charge in [0.25, 0.3) is 0 Å². The summed E-state index contributed by atoms with van der Waals surface area (Å²) < 4.78 is 22.0. The van der Waals surface area contributed by atoms with Crippen molar-refractivity contribution in [2.24, 2.45) is 0 Å². The molecular weight excluding hydrogens is 360 g/mol. The van der Waals surface area contributed by atoms with E-state index in [2.05, 4.69) is 0 Å². The highest BCUT2D eigenvalue weighted by atomic mass is 16.7. The zero-order chi connectivity index (χ0) is 20.1. The Bertz CT molecular complexity index is 846. The molecule has 6 nitrogen and oxygen atoms in total. The Morgan fingerprint density at radius 1 is 0.964 bits per heavy atom. The van der Waals surface area contributed by atoms with Crippen molar-refractivity contribution in [3.63, 3.8) is 0 Å². The van der Waals surface area contributed by atoms with Crippen molar-refractivity contribution in [3.8, 4) is 0 Å². The lowest BCUT2D eigenvalue weighted by molar-refractivity contribution is -0.128. The fourth-order valence-electron chi connectivity index (χ4n) is 3.14. The predicted octanol–water partition coefficient (Wildman–Crippen LogP) is 3.45. The van der Waals surface area contributed by atoms with Crippen molar-refractivity contribution < 1.29 is 28.5 Å². The van der Waals surface area contributed by atoms with Crippen molar-refractivity contribution in [1.82, 2.24) is 0 Å². The Labute approximate surface area is 164 Å². The Hall–Kier alpha value is -2.70. The number of carbonyl (C=O) groups is 2. The molecule has 0 saturated carbocycles. The van der Waals surface area contributed by atoms with Gasteiger partial charge in [-0.1, -0.05) is 36.4 Å². The van der Waals surface area contributed by atoms with Crippen molar-refractivity contribution in [3.05, 3.63) is 70.8 Å². The molecule has 1 saturated heterocycles. The van der Waals surface area contributed by atoms with E-state index in [-0.39, 0.29) is 6.61 Å². The molecule has 2 aromatic rings. The minimum atomic E-state index is -0.592. The Balaban J connectivity index is 1.65. The molecule has 0 spiro atoms. The Morgan fingerprint density at radius 3 is 2.11 bits per heavy atom. The van der Waals surface area contributed by atoms with E-state index in [0.717, 1.165) is 11.1 Å². The normalized spacial score (nSPS) is 21.3. The zero-order valence-corrected chi connectivity index (χ0v) is 16.2. The van der Waals surface area contributed by atoms with E-state index < -0.39 is 30.4 Å². The SMILES string of the molecule is COC1C[C@@H](OC(=O)c2ccccc2C)[C@H](COC(=O)c2ccccc2C)O1. The van der Waals surface area contributed by atoms with E-state index in [0.29, 0.717) is 17.5 Å². The van der Waals surface area contributed by atoms with Gasteiger partial charge in [0.05, 0.1) is 11.1 Å². The van der Waals surface area contributed by atoms with E-state index in [1.165, 1.54) is 7.11 Å². The number of esters is 2. The molecule has 28 heavy (non-hydrogen) atoms. The van der Waals surface area contributed by atoms with Crippen LogP contribution in [0.4, 0.5) is 0 Å². The van der Waals surface area contributed by atoms with Gasteiger partial charge in [0.2, 0.25) is 0 Å². The number of methoxy groups -OCH3 is 1. The van der Waals surface area contributed by atoms with Gasteiger partial charge in [-0.2, -0.15) is 0 Å². The summed E-state index contributed by atoms with van der Waals surface area (Å²) in [6, 6.07) is 14.4. The second kappa shape index (κ2) is 8.99. The molecule has 2 aromatic carbocycles. The molecule has 0 bridgehead atoms. The quantitative estimate of drug-likeness (QED) is 0.711. The second-order valence-electron chi connectivity index (χ2n) is 6.75. The van der Waals surface area contributed by atoms with Crippen LogP contribution in [0.15, 0.2) is 48.5 Å². The molecular formula is C22H24O6. The third-order valence-corrected chi connectivity index (χ3v) is 4.80. The second-order valence-corrected chi connectivity index (χ2v) is 6.75. The van der Waals surface area contributed by atoms with E-state index in [1.54, 1.807) is 24.3 Å². The zero-order valence-electron chi connectivity index (χ0n) is 16.2. The van der Waals surface area contributed by atoms with Crippen LogP contribution in [0.2, 0.25) is 0 Å². The smallest absolute Gasteiger partial charge is 0.338 e. The molecule has 0 amide bonds. The van der Waals surface area contributed by atoms with Gasteiger partial charge < -0.3 is 18.9 Å². The van der Waals surface area contributed by atoms with E-state index in [4.69, 9.17) is 18.9 Å². The molecule has 1 heterocycles. The van der Waals surface area contributed by atoms with Gasteiger partial charge in [-0.25, -0.2) is 9.59 Å². The number of aryl methyl sites for hydroxylation is 2. The average molecular weight is 384 g/mol. The summed E-state index contributed by atoms with van der Waals surface area (Å²) in [6.07, 6.45) is -1.30.